The van der Waals surface area contributed by atoms with Crippen LogP contribution < -0.4 is 5.32 Å². The summed E-state index contributed by atoms with van der Waals surface area (Å²) < 4.78 is 0. The normalized spacial score (nSPS) is 29.3. The van der Waals surface area contributed by atoms with Gasteiger partial charge in [-0.2, -0.15) is 0 Å². The van der Waals surface area contributed by atoms with Crippen molar-refractivity contribution in [3.8, 4) is 0 Å². The van der Waals surface area contributed by atoms with Gasteiger partial charge in [0, 0.05) is 24.2 Å². The zero-order chi connectivity index (χ0) is 13.1. The number of nitrogens with one attached hydrogen (secondary N) is 1. The fourth-order valence-corrected chi connectivity index (χ4v) is 2.80. The summed E-state index contributed by atoms with van der Waals surface area (Å²) in [6.45, 7) is 16.3. The summed E-state index contributed by atoms with van der Waals surface area (Å²) in [4.78, 5) is 2.73. The number of hydrogen-bond donors (Lipinski definition) is 1. The molecule has 0 bridgehead atoms. The number of nitrogens with zero attached hydrogens (tertiary/aromatic N) is 1. The molecule has 2 nitrogen and oxygen atoms in total. The Morgan fingerprint density at radius 3 is 2.47 bits per heavy atom. The highest BCUT2D eigenvalue weighted by atomic mass is 15.2. The molecule has 1 aliphatic rings. The lowest BCUT2D eigenvalue weighted by Crippen LogP contribution is -2.53. The van der Waals surface area contributed by atoms with Gasteiger partial charge in [0.1, 0.15) is 0 Å². The van der Waals surface area contributed by atoms with E-state index in [1.54, 1.807) is 0 Å². The van der Waals surface area contributed by atoms with Gasteiger partial charge in [0.05, 0.1) is 0 Å². The molecule has 102 valence electrons. The molecule has 0 aromatic heterocycles. The largest absolute Gasteiger partial charge is 0.311 e. The first-order valence-electron chi connectivity index (χ1n) is 7.36. The maximum Gasteiger partial charge on any atom is 0.0221 e. The third-order valence-electron chi connectivity index (χ3n) is 4.23. The highest BCUT2D eigenvalue weighted by Crippen LogP contribution is 2.25. The lowest BCUT2D eigenvalue weighted by Gasteiger charge is -2.43. The number of piperidine rings is 1. The number of likely N-dealkylation sites (tertiary alicyclic amines) is 1. The van der Waals surface area contributed by atoms with Gasteiger partial charge in [0.25, 0.3) is 0 Å². The van der Waals surface area contributed by atoms with Crippen molar-refractivity contribution in [3.63, 3.8) is 0 Å². The Morgan fingerprint density at radius 1 is 1.29 bits per heavy atom. The van der Waals surface area contributed by atoms with E-state index < -0.39 is 0 Å². The predicted octanol–water partition coefficient (Wildman–Crippen LogP) is 3.27. The molecule has 1 aliphatic heterocycles. The monoisotopic (exact) mass is 240 g/mol. The minimum Gasteiger partial charge on any atom is -0.311 e. The van der Waals surface area contributed by atoms with Crippen molar-refractivity contribution in [2.75, 3.05) is 13.1 Å². The van der Waals surface area contributed by atoms with Crippen molar-refractivity contribution >= 4 is 0 Å². The third-order valence-corrected chi connectivity index (χ3v) is 4.23. The number of hydrogen-bond acceptors (Lipinski definition) is 2. The van der Waals surface area contributed by atoms with Crippen LogP contribution in [0, 0.1) is 5.92 Å². The van der Waals surface area contributed by atoms with E-state index in [0.29, 0.717) is 6.04 Å². The van der Waals surface area contributed by atoms with Crippen LogP contribution in [0.25, 0.3) is 0 Å². The molecule has 0 aliphatic carbocycles. The summed E-state index contributed by atoms with van der Waals surface area (Å²) in [7, 11) is 0. The Balaban J connectivity index is 2.54. The topological polar surface area (TPSA) is 15.3 Å². The molecule has 0 aromatic rings. The van der Waals surface area contributed by atoms with Crippen LogP contribution in [0.2, 0.25) is 0 Å². The molecule has 17 heavy (non-hydrogen) atoms. The summed E-state index contributed by atoms with van der Waals surface area (Å²) in [6, 6.07) is 1.45. The minimum absolute atomic E-state index is 0.234. The standard InChI is InChI=1S/C15H32N2/c1-7-14(11-16-15(4,5)6)17-10-8-9-12(2)13(17)3/h12-14,16H,7-11H2,1-6H3. The smallest absolute Gasteiger partial charge is 0.0221 e. The molecule has 1 N–H and O–H groups in total. The van der Waals surface area contributed by atoms with Gasteiger partial charge in [-0.05, 0) is 59.4 Å². The third kappa shape index (κ3) is 4.59. The molecule has 1 saturated heterocycles. The fourth-order valence-electron chi connectivity index (χ4n) is 2.80. The lowest BCUT2D eigenvalue weighted by molar-refractivity contribution is 0.0628. The molecule has 2 heteroatoms. The second-order valence-corrected chi connectivity index (χ2v) is 6.79. The van der Waals surface area contributed by atoms with E-state index in [1.807, 2.05) is 0 Å². The summed E-state index contributed by atoms with van der Waals surface area (Å²) in [5.41, 5.74) is 0.234. The van der Waals surface area contributed by atoms with E-state index in [1.165, 1.54) is 25.8 Å². The van der Waals surface area contributed by atoms with Crippen molar-refractivity contribution in [1.82, 2.24) is 10.2 Å². The fraction of sp³-hybridized carbons (Fsp3) is 1.00. The first kappa shape index (κ1) is 15.0. The maximum absolute atomic E-state index is 3.66. The Kier molecular flexibility index (Phi) is 5.46. The molecule has 0 spiro atoms. The second-order valence-electron chi connectivity index (χ2n) is 6.79. The van der Waals surface area contributed by atoms with Gasteiger partial charge in [-0.25, -0.2) is 0 Å². The number of rotatable bonds is 4. The molecule has 1 rings (SSSR count). The average Bonchev–Trinajstić information content (AvgIpc) is 2.23. The first-order chi connectivity index (χ1) is 7.85. The lowest BCUT2D eigenvalue weighted by atomic mass is 9.90. The SMILES string of the molecule is CCC(CNC(C)(C)C)N1CCCC(C)C1C. The van der Waals surface area contributed by atoms with Crippen LogP contribution >= 0.6 is 0 Å². The molecular weight excluding hydrogens is 208 g/mol. The molecule has 1 heterocycles. The second kappa shape index (κ2) is 6.19. The molecule has 0 saturated carbocycles. The van der Waals surface area contributed by atoms with E-state index in [4.69, 9.17) is 0 Å². The Bertz CT molecular complexity index is 219. The van der Waals surface area contributed by atoms with Gasteiger partial charge in [-0.3, -0.25) is 4.90 Å². The van der Waals surface area contributed by atoms with Crippen LogP contribution in [0.15, 0.2) is 0 Å². The van der Waals surface area contributed by atoms with Crippen LogP contribution in [0.1, 0.15) is 60.8 Å². The Labute approximate surface area is 108 Å². The van der Waals surface area contributed by atoms with Gasteiger partial charge < -0.3 is 5.32 Å². The molecule has 0 radical (unpaired) electrons. The van der Waals surface area contributed by atoms with E-state index >= 15 is 0 Å². The summed E-state index contributed by atoms with van der Waals surface area (Å²) in [5, 5.41) is 3.66. The molecular formula is C15H32N2. The highest BCUT2D eigenvalue weighted by Gasteiger charge is 2.29. The van der Waals surface area contributed by atoms with E-state index in [0.717, 1.165) is 18.5 Å². The molecule has 3 unspecified atom stereocenters. The van der Waals surface area contributed by atoms with Crippen LogP contribution in [0.3, 0.4) is 0 Å². The quantitative estimate of drug-likeness (QED) is 0.811. The first-order valence-corrected chi connectivity index (χ1v) is 7.36. The molecule has 0 amide bonds. The van der Waals surface area contributed by atoms with Gasteiger partial charge >= 0.3 is 0 Å². The predicted molar refractivity (Wildman–Crippen MR) is 76.4 cm³/mol. The van der Waals surface area contributed by atoms with Crippen molar-refractivity contribution in [2.45, 2.75) is 78.4 Å². The zero-order valence-corrected chi connectivity index (χ0v) is 12.7. The molecule has 0 aromatic carbocycles. The van der Waals surface area contributed by atoms with Crippen molar-refractivity contribution < 1.29 is 0 Å². The summed E-state index contributed by atoms with van der Waals surface area (Å²) in [6.07, 6.45) is 4.03. The Hall–Kier alpha value is -0.0800. The van der Waals surface area contributed by atoms with Crippen LogP contribution in [-0.2, 0) is 0 Å². The average molecular weight is 240 g/mol. The minimum atomic E-state index is 0.234. The summed E-state index contributed by atoms with van der Waals surface area (Å²) in [5.74, 6) is 0.854. The van der Waals surface area contributed by atoms with Crippen LogP contribution in [0.5, 0.6) is 0 Å². The van der Waals surface area contributed by atoms with Crippen LogP contribution in [-0.4, -0.2) is 35.6 Å². The van der Waals surface area contributed by atoms with Crippen LogP contribution in [0.4, 0.5) is 0 Å². The maximum atomic E-state index is 3.66. The molecule has 1 fully saturated rings. The van der Waals surface area contributed by atoms with Gasteiger partial charge in [-0.1, -0.05) is 13.8 Å². The van der Waals surface area contributed by atoms with E-state index in [9.17, 15) is 0 Å². The molecule has 3 atom stereocenters. The Morgan fingerprint density at radius 2 is 1.94 bits per heavy atom. The van der Waals surface area contributed by atoms with E-state index in [-0.39, 0.29) is 5.54 Å². The summed E-state index contributed by atoms with van der Waals surface area (Å²) >= 11 is 0. The van der Waals surface area contributed by atoms with Gasteiger partial charge in [0.15, 0.2) is 0 Å². The highest BCUT2D eigenvalue weighted by molar-refractivity contribution is 4.86. The van der Waals surface area contributed by atoms with Crippen molar-refractivity contribution in [2.24, 2.45) is 5.92 Å². The van der Waals surface area contributed by atoms with Gasteiger partial charge in [-0.15, -0.1) is 0 Å². The van der Waals surface area contributed by atoms with E-state index in [2.05, 4.69) is 51.8 Å². The van der Waals surface area contributed by atoms with Crippen molar-refractivity contribution in [3.05, 3.63) is 0 Å². The van der Waals surface area contributed by atoms with Gasteiger partial charge in [0.2, 0.25) is 0 Å². The van der Waals surface area contributed by atoms with Crippen molar-refractivity contribution in [1.29, 1.82) is 0 Å². The zero-order valence-electron chi connectivity index (χ0n) is 12.7.